The molecule has 0 saturated carbocycles. The third-order valence-corrected chi connectivity index (χ3v) is 2.89. The molecule has 1 aromatic carbocycles. The van der Waals surface area contributed by atoms with Gasteiger partial charge in [-0.1, -0.05) is 25.5 Å². The number of hydrogen-bond acceptors (Lipinski definition) is 1. The van der Waals surface area contributed by atoms with Crippen LogP contribution in [0.25, 0.3) is 0 Å². The zero-order chi connectivity index (χ0) is 13.2. The van der Waals surface area contributed by atoms with Crippen LogP contribution in [0.3, 0.4) is 0 Å². The first-order chi connectivity index (χ1) is 8.72. The molecule has 3 heteroatoms. The summed E-state index contributed by atoms with van der Waals surface area (Å²) in [6.07, 6.45) is 5.49. The molecule has 0 saturated heterocycles. The van der Waals surface area contributed by atoms with E-state index < -0.39 is 0 Å². The molecule has 0 radical (unpaired) electrons. The topological polar surface area (TPSA) is 29.1 Å². The van der Waals surface area contributed by atoms with Crippen molar-refractivity contribution in [2.24, 2.45) is 0 Å². The van der Waals surface area contributed by atoms with Crippen molar-refractivity contribution in [2.75, 3.05) is 6.54 Å². The molecule has 18 heavy (non-hydrogen) atoms. The Morgan fingerprint density at radius 3 is 2.56 bits per heavy atom. The van der Waals surface area contributed by atoms with Gasteiger partial charge in [-0.3, -0.25) is 4.79 Å². The summed E-state index contributed by atoms with van der Waals surface area (Å²) in [4.78, 5) is 11.4. The second kappa shape index (κ2) is 8.67. The third-order valence-electron chi connectivity index (χ3n) is 2.89. The van der Waals surface area contributed by atoms with Crippen LogP contribution >= 0.6 is 0 Å². The van der Waals surface area contributed by atoms with Crippen molar-refractivity contribution in [1.29, 1.82) is 0 Å². The van der Waals surface area contributed by atoms with Crippen LogP contribution in [0.4, 0.5) is 4.39 Å². The first kappa shape index (κ1) is 14.7. The molecule has 0 bridgehead atoms. The van der Waals surface area contributed by atoms with Crippen molar-refractivity contribution >= 4 is 5.91 Å². The van der Waals surface area contributed by atoms with Gasteiger partial charge in [-0.15, -0.1) is 0 Å². The van der Waals surface area contributed by atoms with Gasteiger partial charge in [0, 0.05) is 13.0 Å². The molecule has 0 aliphatic rings. The fraction of sp³-hybridized carbons (Fsp3) is 0.533. The average molecular weight is 251 g/mol. The predicted molar refractivity (Wildman–Crippen MR) is 71.9 cm³/mol. The number of carbonyl (C=O) groups excluding carboxylic acids is 1. The van der Waals surface area contributed by atoms with Crippen LogP contribution in [0.5, 0.6) is 0 Å². The number of aryl methyl sites for hydroxylation is 1. The molecule has 0 aromatic heterocycles. The minimum absolute atomic E-state index is 0.141. The fourth-order valence-electron chi connectivity index (χ4n) is 1.76. The molecule has 0 aliphatic heterocycles. The molecule has 1 rings (SSSR count). The van der Waals surface area contributed by atoms with Crippen molar-refractivity contribution in [1.82, 2.24) is 5.32 Å². The van der Waals surface area contributed by atoms with E-state index in [2.05, 4.69) is 12.2 Å². The molecule has 100 valence electrons. The summed E-state index contributed by atoms with van der Waals surface area (Å²) in [5.41, 5.74) is 1.13. The lowest BCUT2D eigenvalue weighted by molar-refractivity contribution is -0.121. The van der Waals surface area contributed by atoms with Gasteiger partial charge in [-0.2, -0.15) is 0 Å². The maximum absolute atomic E-state index is 12.7. The minimum Gasteiger partial charge on any atom is -0.356 e. The SMILES string of the molecule is CCCCNC(=O)CCCCc1ccc(F)cc1. The molecule has 2 nitrogen and oxygen atoms in total. The highest BCUT2D eigenvalue weighted by atomic mass is 19.1. The summed E-state index contributed by atoms with van der Waals surface area (Å²) in [6.45, 7) is 2.89. The highest BCUT2D eigenvalue weighted by Crippen LogP contribution is 2.08. The maximum Gasteiger partial charge on any atom is 0.219 e. The van der Waals surface area contributed by atoms with Crippen molar-refractivity contribution < 1.29 is 9.18 Å². The van der Waals surface area contributed by atoms with E-state index in [0.29, 0.717) is 6.42 Å². The van der Waals surface area contributed by atoms with Gasteiger partial charge in [0.1, 0.15) is 5.82 Å². The second-order valence-corrected chi connectivity index (χ2v) is 4.54. The lowest BCUT2D eigenvalue weighted by atomic mass is 10.1. The Hall–Kier alpha value is -1.38. The third kappa shape index (κ3) is 6.38. The van der Waals surface area contributed by atoms with Crippen LogP contribution in [0.2, 0.25) is 0 Å². The van der Waals surface area contributed by atoms with Crippen molar-refractivity contribution in [3.8, 4) is 0 Å². The van der Waals surface area contributed by atoms with E-state index in [1.54, 1.807) is 12.1 Å². The van der Waals surface area contributed by atoms with E-state index >= 15 is 0 Å². The highest BCUT2D eigenvalue weighted by molar-refractivity contribution is 5.75. The van der Waals surface area contributed by atoms with E-state index in [9.17, 15) is 9.18 Å². The van der Waals surface area contributed by atoms with Crippen LogP contribution in [0.15, 0.2) is 24.3 Å². The number of rotatable bonds is 8. The van der Waals surface area contributed by atoms with E-state index in [0.717, 1.165) is 44.2 Å². The molecule has 1 aromatic rings. The van der Waals surface area contributed by atoms with Gasteiger partial charge in [0.2, 0.25) is 5.91 Å². The lowest BCUT2D eigenvalue weighted by Gasteiger charge is -2.04. The predicted octanol–water partition coefficient (Wildman–Crippen LogP) is 3.45. The Balaban J connectivity index is 2.07. The zero-order valence-corrected chi connectivity index (χ0v) is 11.0. The summed E-state index contributed by atoms with van der Waals surface area (Å²) in [6, 6.07) is 6.56. The smallest absolute Gasteiger partial charge is 0.219 e. The van der Waals surface area contributed by atoms with Crippen LogP contribution in [0, 0.1) is 5.82 Å². The summed E-state index contributed by atoms with van der Waals surface area (Å²) in [5, 5.41) is 2.90. The molecule has 0 atom stereocenters. The number of hydrogen-bond donors (Lipinski definition) is 1. The largest absolute Gasteiger partial charge is 0.356 e. The number of unbranched alkanes of at least 4 members (excludes halogenated alkanes) is 2. The van der Waals surface area contributed by atoms with Crippen LogP contribution in [-0.2, 0) is 11.2 Å². The molecule has 0 spiro atoms. The van der Waals surface area contributed by atoms with E-state index in [4.69, 9.17) is 0 Å². The summed E-state index contributed by atoms with van der Waals surface area (Å²) in [7, 11) is 0. The van der Waals surface area contributed by atoms with Crippen molar-refractivity contribution in [3.63, 3.8) is 0 Å². The normalized spacial score (nSPS) is 10.3. The average Bonchev–Trinajstić information content (AvgIpc) is 2.37. The van der Waals surface area contributed by atoms with Crippen molar-refractivity contribution in [3.05, 3.63) is 35.6 Å². The molecule has 0 heterocycles. The molecule has 0 aliphatic carbocycles. The number of nitrogens with one attached hydrogen (secondary N) is 1. The van der Waals surface area contributed by atoms with Crippen LogP contribution < -0.4 is 5.32 Å². The number of carbonyl (C=O) groups is 1. The Labute approximate surface area is 109 Å². The summed E-state index contributed by atoms with van der Waals surface area (Å²) < 4.78 is 12.7. The maximum atomic E-state index is 12.7. The van der Waals surface area contributed by atoms with Gasteiger partial charge >= 0.3 is 0 Å². The fourth-order valence-corrected chi connectivity index (χ4v) is 1.76. The zero-order valence-electron chi connectivity index (χ0n) is 11.0. The molecular formula is C15H22FNO. The first-order valence-corrected chi connectivity index (χ1v) is 6.73. The summed E-state index contributed by atoms with van der Waals surface area (Å²) in [5.74, 6) is -0.0587. The Bertz CT molecular complexity index is 348. The quantitative estimate of drug-likeness (QED) is 0.704. The molecule has 0 fully saturated rings. The molecule has 0 unspecified atom stereocenters. The highest BCUT2D eigenvalue weighted by Gasteiger charge is 2.00. The van der Waals surface area contributed by atoms with Gasteiger partial charge < -0.3 is 5.32 Å². The number of benzene rings is 1. The molecular weight excluding hydrogens is 229 g/mol. The van der Waals surface area contributed by atoms with Gasteiger partial charge in [-0.05, 0) is 43.4 Å². The second-order valence-electron chi connectivity index (χ2n) is 4.54. The van der Waals surface area contributed by atoms with E-state index in [1.165, 1.54) is 12.1 Å². The first-order valence-electron chi connectivity index (χ1n) is 6.73. The van der Waals surface area contributed by atoms with Gasteiger partial charge in [0.25, 0.3) is 0 Å². The van der Waals surface area contributed by atoms with Crippen LogP contribution in [0.1, 0.15) is 44.6 Å². The Morgan fingerprint density at radius 1 is 1.17 bits per heavy atom. The summed E-state index contributed by atoms with van der Waals surface area (Å²) >= 11 is 0. The Kier molecular flexibility index (Phi) is 7.07. The van der Waals surface area contributed by atoms with E-state index in [-0.39, 0.29) is 11.7 Å². The van der Waals surface area contributed by atoms with Gasteiger partial charge in [0.15, 0.2) is 0 Å². The van der Waals surface area contributed by atoms with Crippen molar-refractivity contribution in [2.45, 2.75) is 45.4 Å². The van der Waals surface area contributed by atoms with Gasteiger partial charge in [0.05, 0.1) is 0 Å². The monoisotopic (exact) mass is 251 g/mol. The number of halogens is 1. The van der Waals surface area contributed by atoms with Gasteiger partial charge in [-0.25, -0.2) is 4.39 Å². The van der Waals surface area contributed by atoms with Crippen LogP contribution in [-0.4, -0.2) is 12.5 Å². The minimum atomic E-state index is -0.200. The lowest BCUT2D eigenvalue weighted by Crippen LogP contribution is -2.23. The van der Waals surface area contributed by atoms with E-state index in [1.807, 2.05) is 0 Å². The molecule has 1 N–H and O–H groups in total. The number of amides is 1. The standard InChI is InChI=1S/C15H22FNO/c1-2-3-12-17-15(18)7-5-4-6-13-8-10-14(16)11-9-13/h8-11H,2-7,12H2,1H3,(H,17,18). The Morgan fingerprint density at radius 2 is 1.89 bits per heavy atom. The molecule has 1 amide bonds.